The van der Waals surface area contributed by atoms with Crippen molar-refractivity contribution in [1.82, 2.24) is 0 Å². The van der Waals surface area contributed by atoms with Crippen molar-refractivity contribution >= 4 is 28.9 Å². The van der Waals surface area contributed by atoms with Gasteiger partial charge in [0.2, 0.25) is 5.91 Å². The van der Waals surface area contributed by atoms with E-state index in [1.165, 1.54) is 10.6 Å². The zero-order valence-corrected chi connectivity index (χ0v) is 16.5. The number of amides is 1. The summed E-state index contributed by atoms with van der Waals surface area (Å²) in [5.41, 5.74) is 2.03. The number of benzene rings is 2. The van der Waals surface area contributed by atoms with Crippen molar-refractivity contribution in [1.29, 1.82) is 0 Å². The standard InChI is InChI=1S/C21H26ClN3O2/c1-2-27-20-9-5-18(6-10-20)23-21(26)11-12-24-13-15-25(16-14-24)19-7-3-17(22)4-8-19/h3-10H,2,11-16H2,1H3,(H,23,26)/p+1. The summed E-state index contributed by atoms with van der Waals surface area (Å²) in [5.74, 6) is 0.880. The van der Waals surface area contributed by atoms with E-state index in [0.29, 0.717) is 13.0 Å². The van der Waals surface area contributed by atoms with E-state index in [-0.39, 0.29) is 5.91 Å². The number of hydrogen-bond acceptors (Lipinski definition) is 3. The quantitative estimate of drug-likeness (QED) is 0.766. The van der Waals surface area contributed by atoms with Crippen LogP contribution >= 0.6 is 11.6 Å². The molecule has 0 unspecified atom stereocenters. The Morgan fingerprint density at radius 1 is 1.11 bits per heavy atom. The van der Waals surface area contributed by atoms with E-state index in [0.717, 1.165) is 49.2 Å². The average molecular weight is 389 g/mol. The lowest BCUT2D eigenvalue weighted by atomic mass is 10.2. The molecule has 0 saturated carbocycles. The Morgan fingerprint density at radius 2 is 1.78 bits per heavy atom. The van der Waals surface area contributed by atoms with Crippen LogP contribution in [0.3, 0.4) is 0 Å². The molecule has 0 radical (unpaired) electrons. The van der Waals surface area contributed by atoms with Crippen molar-refractivity contribution in [3.63, 3.8) is 0 Å². The first-order valence-corrected chi connectivity index (χ1v) is 9.88. The number of piperazine rings is 1. The summed E-state index contributed by atoms with van der Waals surface area (Å²) in [6.07, 6.45) is 0.531. The number of anilines is 2. The number of carbonyl (C=O) groups is 1. The molecule has 0 aliphatic carbocycles. The SMILES string of the molecule is CCOc1ccc(NC(=O)CC[NH+]2CCN(c3ccc(Cl)cc3)CC2)cc1. The first-order valence-electron chi connectivity index (χ1n) is 9.51. The van der Waals surface area contributed by atoms with E-state index in [4.69, 9.17) is 16.3 Å². The molecule has 1 aliphatic rings. The third-order valence-electron chi connectivity index (χ3n) is 4.82. The van der Waals surface area contributed by atoms with Crippen LogP contribution < -0.4 is 19.9 Å². The van der Waals surface area contributed by atoms with Gasteiger partial charge in [0.1, 0.15) is 5.75 Å². The molecule has 6 heteroatoms. The molecule has 27 heavy (non-hydrogen) atoms. The van der Waals surface area contributed by atoms with Gasteiger partial charge in [0.15, 0.2) is 0 Å². The Balaban J connectivity index is 1.39. The minimum Gasteiger partial charge on any atom is -0.494 e. The predicted molar refractivity (Wildman–Crippen MR) is 110 cm³/mol. The van der Waals surface area contributed by atoms with Gasteiger partial charge in [-0.05, 0) is 55.5 Å². The second-order valence-corrected chi connectivity index (χ2v) is 7.16. The summed E-state index contributed by atoms with van der Waals surface area (Å²) in [5, 5.41) is 3.73. The Hall–Kier alpha value is -2.24. The topological polar surface area (TPSA) is 46.0 Å². The van der Waals surface area contributed by atoms with Crippen LogP contribution in [0.5, 0.6) is 5.75 Å². The monoisotopic (exact) mass is 388 g/mol. The second kappa shape index (κ2) is 9.62. The van der Waals surface area contributed by atoms with Crippen LogP contribution in [0.4, 0.5) is 11.4 Å². The molecule has 0 atom stereocenters. The molecule has 0 spiro atoms. The zero-order chi connectivity index (χ0) is 19.1. The molecule has 1 fully saturated rings. The number of ether oxygens (including phenoxy) is 1. The summed E-state index contributed by atoms with van der Waals surface area (Å²) >= 11 is 5.96. The molecule has 5 nitrogen and oxygen atoms in total. The number of hydrogen-bond donors (Lipinski definition) is 2. The van der Waals surface area contributed by atoms with Crippen LogP contribution in [0, 0.1) is 0 Å². The second-order valence-electron chi connectivity index (χ2n) is 6.72. The van der Waals surface area contributed by atoms with Crippen LogP contribution in [0.1, 0.15) is 13.3 Å². The van der Waals surface area contributed by atoms with E-state index in [1.54, 1.807) is 0 Å². The van der Waals surface area contributed by atoms with E-state index in [9.17, 15) is 4.79 Å². The normalized spacial score (nSPS) is 14.8. The molecular weight excluding hydrogens is 362 g/mol. The largest absolute Gasteiger partial charge is 0.494 e. The fourth-order valence-electron chi connectivity index (χ4n) is 3.30. The van der Waals surface area contributed by atoms with Crippen LogP contribution in [-0.4, -0.2) is 45.2 Å². The van der Waals surface area contributed by atoms with Crippen LogP contribution in [0.15, 0.2) is 48.5 Å². The molecular formula is C21H27ClN3O2+. The summed E-state index contributed by atoms with van der Waals surface area (Å²) < 4.78 is 5.41. The van der Waals surface area contributed by atoms with Crippen molar-refractivity contribution in [3.8, 4) is 5.75 Å². The lowest BCUT2D eigenvalue weighted by molar-refractivity contribution is -0.900. The lowest BCUT2D eigenvalue weighted by Gasteiger charge is -2.33. The summed E-state index contributed by atoms with van der Waals surface area (Å²) in [7, 11) is 0. The van der Waals surface area contributed by atoms with Gasteiger partial charge >= 0.3 is 0 Å². The molecule has 2 N–H and O–H groups in total. The van der Waals surface area contributed by atoms with Crippen molar-refractivity contribution in [3.05, 3.63) is 53.6 Å². The molecule has 1 saturated heterocycles. The highest BCUT2D eigenvalue weighted by atomic mass is 35.5. The van der Waals surface area contributed by atoms with Gasteiger partial charge in [0.25, 0.3) is 0 Å². The van der Waals surface area contributed by atoms with Gasteiger partial charge in [0, 0.05) is 16.4 Å². The van der Waals surface area contributed by atoms with Crippen LogP contribution in [-0.2, 0) is 4.79 Å². The summed E-state index contributed by atoms with van der Waals surface area (Å²) in [6, 6.07) is 15.5. The third-order valence-corrected chi connectivity index (χ3v) is 5.07. The van der Waals surface area contributed by atoms with Gasteiger partial charge in [-0.3, -0.25) is 4.79 Å². The Morgan fingerprint density at radius 3 is 2.41 bits per heavy atom. The first kappa shape index (κ1) is 19.5. The van der Waals surface area contributed by atoms with Gasteiger partial charge in [-0.1, -0.05) is 11.6 Å². The van der Waals surface area contributed by atoms with Gasteiger partial charge in [-0.2, -0.15) is 0 Å². The molecule has 2 aromatic rings. The zero-order valence-electron chi connectivity index (χ0n) is 15.7. The number of nitrogens with one attached hydrogen (secondary N) is 2. The fourth-order valence-corrected chi connectivity index (χ4v) is 3.42. The summed E-state index contributed by atoms with van der Waals surface area (Å²) in [4.78, 5) is 16.1. The highest BCUT2D eigenvalue weighted by Gasteiger charge is 2.20. The van der Waals surface area contributed by atoms with E-state index < -0.39 is 0 Å². The number of rotatable bonds is 7. The van der Waals surface area contributed by atoms with Gasteiger partial charge in [-0.15, -0.1) is 0 Å². The Bertz CT molecular complexity index is 726. The van der Waals surface area contributed by atoms with Gasteiger partial charge in [0.05, 0.1) is 45.8 Å². The van der Waals surface area contributed by atoms with Gasteiger partial charge in [-0.25, -0.2) is 0 Å². The fraction of sp³-hybridized carbons (Fsp3) is 0.381. The smallest absolute Gasteiger partial charge is 0.230 e. The van der Waals surface area contributed by atoms with Crippen molar-refractivity contribution in [2.24, 2.45) is 0 Å². The maximum Gasteiger partial charge on any atom is 0.230 e. The minimum atomic E-state index is 0.0618. The number of quaternary nitrogens is 1. The molecule has 0 bridgehead atoms. The third kappa shape index (κ3) is 5.88. The predicted octanol–water partition coefficient (Wildman–Crippen LogP) is 2.47. The highest BCUT2D eigenvalue weighted by Crippen LogP contribution is 2.18. The van der Waals surface area contributed by atoms with Crippen molar-refractivity contribution in [2.45, 2.75) is 13.3 Å². The molecule has 3 rings (SSSR count). The lowest BCUT2D eigenvalue weighted by Crippen LogP contribution is -3.15. The Labute approximate surface area is 165 Å². The molecule has 144 valence electrons. The number of halogens is 1. The average Bonchev–Trinajstić information content (AvgIpc) is 2.69. The van der Waals surface area contributed by atoms with E-state index >= 15 is 0 Å². The molecule has 0 aromatic heterocycles. The van der Waals surface area contributed by atoms with Crippen LogP contribution in [0.25, 0.3) is 0 Å². The maximum atomic E-state index is 12.2. The number of nitrogens with zero attached hydrogens (tertiary/aromatic N) is 1. The highest BCUT2D eigenvalue weighted by molar-refractivity contribution is 6.30. The Kier molecular flexibility index (Phi) is 6.96. The molecule has 1 amide bonds. The van der Waals surface area contributed by atoms with Crippen molar-refractivity contribution < 1.29 is 14.4 Å². The first-order chi connectivity index (χ1) is 13.1. The summed E-state index contributed by atoms with van der Waals surface area (Å²) in [6.45, 7) is 7.53. The minimum absolute atomic E-state index is 0.0618. The van der Waals surface area contributed by atoms with E-state index in [1.807, 2.05) is 43.3 Å². The number of carbonyl (C=O) groups excluding carboxylic acids is 1. The van der Waals surface area contributed by atoms with Crippen LogP contribution in [0.2, 0.25) is 5.02 Å². The van der Waals surface area contributed by atoms with Gasteiger partial charge < -0.3 is 19.9 Å². The molecule has 2 aromatic carbocycles. The maximum absolute atomic E-state index is 12.2. The molecule has 1 heterocycles. The van der Waals surface area contributed by atoms with E-state index in [2.05, 4.69) is 22.3 Å². The molecule has 1 aliphatic heterocycles. The van der Waals surface area contributed by atoms with Crippen molar-refractivity contribution in [2.75, 3.05) is 49.5 Å².